The Morgan fingerprint density at radius 1 is 1.60 bits per heavy atom. The number of halogens is 1. The van der Waals surface area contributed by atoms with Crippen molar-refractivity contribution < 1.29 is 0 Å². The SMILES string of the molecule is Cn1nc(I)nc1C1CC1. The molecule has 0 radical (unpaired) electrons. The van der Waals surface area contributed by atoms with Crippen LogP contribution in [-0.2, 0) is 7.05 Å². The van der Waals surface area contributed by atoms with Crippen LogP contribution in [0.25, 0.3) is 0 Å². The summed E-state index contributed by atoms with van der Waals surface area (Å²) in [6, 6.07) is 0. The fourth-order valence-electron chi connectivity index (χ4n) is 1.06. The molecule has 0 saturated heterocycles. The number of aromatic nitrogens is 3. The summed E-state index contributed by atoms with van der Waals surface area (Å²) in [7, 11) is 1.96. The lowest BCUT2D eigenvalue weighted by molar-refractivity contribution is 0.701. The Morgan fingerprint density at radius 2 is 2.30 bits per heavy atom. The van der Waals surface area contributed by atoms with Crippen molar-refractivity contribution >= 4 is 22.6 Å². The number of aryl methyl sites for hydroxylation is 1. The third kappa shape index (κ3) is 1.04. The van der Waals surface area contributed by atoms with E-state index in [-0.39, 0.29) is 0 Å². The van der Waals surface area contributed by atoms with Crippen molar-refractivity contribution in [2.24, 2.45) is 7.05 Å². The van der Waals surface area contributed by atoms with E-state index in [1.807, 2.05) is 11.7 Å². The van der Waals surface area contributed by atoms with Crippen molar-refractivity contribution in [1.82, 2.24) is 14.8 Å². The molecule has 1 heterocycles. The minimum absolute atomic E-state index is 0.709. The van der Waals surface area contributed by atoms with E-state index >= 15 is 0 Å². The van der Waals surface area contributed by atoms with E-state index < -0.39 is 0 Å². The molecule has 4 heteroatoms. The molecule has 3 nitrogen and oxygen atoms in total. The quantitative estimate of drug-likeness (QED) is 0.702. The molecule has 2 rings (SSSR count). The summed E-state index contributed by atoms with van der Waals surface area (Å²) in [5.74, 6) is 1.87. The van der Waals surface area contributed by atoms with Crippen molar-refractivity contribution in [3.63, 3.8) is 0 Å². The van der Waals surface area contributed by atoms with Gasteiger partial charge in [0.2, 0.25) is 3.83 Å². The Hall–Kier alpha value is -0.130. The zero-order valence-electron chi connectivity index (χ0n) is 5.71. The molecular formula is C6H8IN3. The van der Waals surface area contributed by atoms with Gasteiger partial charge < -0.3 is 0 Å². The smallest absolute Gasteiger partial charge is 0.211 e. The molecule has 1 aliphatic rings. The predicted molar refractivity (Wildman–Crippen MR) is 45.7 cm³/mol. The van der Waals surface area contributed by atoms with E-state index in [0.29, 0.717) is 5.92 Å². The molecule has 0 aliphatic heterocycles. The lowest BCUT2D eigenvalue weighted by Crippen LogP contribution is -1.96. The van der Waals surface area contributed by atoms with Gasteiger partial charge in [-0.1, -0.05) is 0 Å². The van der Waals surface area contributed by atoms with Crippen molar-refractivity contribution in [2.45, 2.75) is 18.8 Å². The summed E-state index contributed by atoms with van der Waals surface area (Å²) < 4.78 is 2.75. The summed E-state index contributed by atoms with van der Waals surface area (Å²) in [4.78, 5) is 4.31. The number of hydrogen-bond donors (Lipinski definition) is 0. The first kappa shape index (κ1) is 6.57. The lowest BCUT2D eigenvalue weighted by atomic mass is 10.4. The summed E-state index contributed by atoms with van der Waals surface area (Å²) >= 11 is 2.14. The molecule has 1 aromatic heterocycles. The molecule has 0 bridgehead atoms. The monoisotopic (exact) mass is 249 g/mol. The summed E-state index contributed by atoms with van der Waals surface area (Å²) in [5, 5.41) is 4.16. The zero-order valence-corrected chi connectivity index (χ0v) is 7.87. The van der Waals surface area contributed by atoms with Crippen LogP contribution in [0.3, 0.4) is 0 Å². The van der Waals surface area contributed by atoms with Crippen LogP contribution in [0, 0.1) is 3.83 Å². The van der Waals surface area contributed by atoms with Gasteiger partial charge in [0.1, 0.15) is 5.82 Å². The molecule has 0 N–H and O–H groups in total. The molecule has 0 unspecified atom stereocenters. The van der Waals surface area contributed by atoms with Crippen molar-refractivity contribution in [3.05, 3.63) is 9.66 Å². The minimum Gasteiger partial charge on any atom is -0.252 e. The van der Waals surface area contributed by atoms with Gasteiger partial charge in [-0.15, -0.1) is 5.10 Å². The van der Waals surface area contributed by atoms with Gasteiger partial charge in [0.15, 0.2) is 0 Å². The number of rotatable bonds is 1. The molecule has 1 saturated carbocycles. The van der Waals surface area contributed by atoms with Crippen molar-refractivity contribution in [2.75, 3.05) is 0 Å². The van der Waals surface area contributed by atoms with Gasteiger partial charge in [-0.05, 0) is 12.8 Å². The van der Waals surface area contributed by atoms with Gasteiger partial charge in [0.05, 0.1) is 0 Å². The van der Waals surface area contributed by atoms with Crippen LogP contribution < -0.4 is 0 Å². The lowest BCUT2D eigenvalue weighted by Gasteiger charge is -1.92. The van der Waals surface area contributed by atoms with Crippen LogP contribution in [0.5, 0.6) is 0 Å². The molecule has 0 atom stereocenters. The zero-order chi connectivity index (χ0) is 7.14. The van der Waals surface area contributed by atoms with E-state index in [4.69, 9.17) is 0 Å². The molecular weight excluding hydrogens is 241 g/mol. The predicted octanol–water partition coefficient (Wildman–Crippen LogP) is 1.30. The first-order chi connectivity index (χ1) is 4.77. The van der Waals surface area contributed by atoms with E-state index in [1.165, 1.54) is 12.8 Å². The molecule has 54 valence electrons. The average molecular weight is 249 g/mol. The largest absolute Gasteiger partial charge is 0.252 e. The van der Waals surface area contributed by atoms with Crippen LogP contribution in [0.1, 0.15) is 24.6 Å². The van der Waals surface area contributed by atoms with Crippen LogP contribution in [0.15, 0.2) is 0 Å². The normalized spacial score (nSPS) is 17.8. The van der Waals surface area contributed by atoms with E-state index in [9.17, 15) is 0 Å². The summed E-state index contributed by atoms with van der Waals surface area (Å²) in [6.07, 6.45) is 2.59. The highest BCUT2D eigenvalue weighted by Crippen LogP contribution is 2.38. The molecule has 1 aliphatic carbocycles. The van der Waals surface area contributed by atoms with Gasteiger partial charge in [0, 0.05) is 35.6 Å². The van der Waals surface area contributed by atoms with Gasteiger partial charge in [-0.2, -0.15) is 0 Å². The second kappa shape index (κ2) is 2.18. The highest BCUT2D eigenvalue weighted by Gasteiger charge is 2.28. The highest BCUT2D eigenvalue weighted by molar-refractivity contribution is 14.1. The Kier molecular flexibility index (Phi) is 1.43. The topological polar surface area (TPSA) is 30.7 Å². The Bertz CT molecular complexity index is 251. The standard InChI is InChI=1S/C6H8IN3/c1-10-5(4-2-3-4)8-6(7)9-10/h4H,2-3H2,1H3. The molecule has 0 aromatic carbocycles. The first-order valence-corrected chi connectivity index (χ1v) is 4.41. The number of hydrogen-bond acceptors (Lipinski definition) is 2. The van der Waals surface area contributed by atoms with Crippen LogP contribution in [0.2, 0.25) is 0 Å². The third-order valence-corrected chi connectivity index (χ3v) is 2.17. The Morgan fingerprint density at radius 3 is 2.70 bits per heavy atom. The van der Waals surface area contributed by atoms with E-state index in [0.717, 1.165) is 9.66 Å². The highest BCUT2D eigenvalue weighted by atomic mass is 127. The van der Waals surface area contributed by atoms with Crippen molar-refractivity contribution in [1.29, 1.82) is 0 Å². The third-order valence-electron chi connectivity index (χ3n) is 1.71. The van der Waals surface area contributed by atoms with Gasteiger partial charge >= 0.3 is 0 Å². The second-order valence-corrected chi connectivity index (χ2v) is 3.60. The minimum atomic E-state index is 0.709. The maximum atomic E-state index is 4.31. The number of nitrogens with zero attached hydrogens (tertiary/aromatic N) is 3. The molecule has 10 heavy (non-hydrogen) atoms. The molecule has 1 aromatic rings. The molecule has 0 spiro atoms. The first-order valence-electron chi connectivity index (χ1n) is 3.34. The summed E-state index contributed by atoms with van der Waals surface area (Å²) in [6.45, 7) is 0. The average Bonchev–Trinajstić information content (AvgIpc) is 2.61. The maximum absolute atomic E-state index is 4.31. The van der Waals surface area contributed by atoms with Gasteiger partial charge in [-0.25, -0.2) is 4.98 Å². The Labute approximate surface area is 73.0 Å². The molecule has 0 amide bonds. The fourth-order valence-corrected chi connectivity index (χ4v) is 1.63. The summed E-state index contributed by atoms with van der Waals surface area (Å²) in [5.41, 5.74) is 0. The van der Waals surface area contributed by atoms with Gasteiger partial charge in [0.25, 0.3) is 0 Å². The van der Waals surface area contributed by atoms with Crippen LogP contribution in [0.4, 0.5) is 0 Å². The van der Waals surface area contributed by atoms with Gasteiger partial charge in [-0.3, -0.25) is 4.68 Å². The fraction of sp³-hybridized carbons (Fsp3) is 0.667. The van der Waals surface area contributed by atoms with E-state index in [1.54, 1.807) is 0 Å². The van der Waals surface area contributed by atoms with Crippen molar-refractivity contribution in [3.8, 4) is 0 Å². The van der Waals surface area contributed by atoms with E-state index in [2.05, 4.69) is 32.7 Å². The second-order valence-electron chi connectivity index (χ2n) is 2.64. The van der Waals surface area contributed by atoms with Crippen LogP contribution >= 0.6 is 22.6 Å². The molecule has 1 fully saturated rings. The maximum Gasteiger partial charge on any atom is 0.211 e. The van der Waals surface area contributed by atoms with Crippen LogP contribution in [-0.4, -0.2) is 14.8 Å². The Balaban J connectivity index is 2.38.